The number of nitrogens with one attached hydrogen (secondary N) is 2. The van der Waals surface area contributed by atoms with Crippen LogP contribution in [0.5, 0.6) is 0 Å². The van der Waals surface area contributed by atoms with E-state index in [9.17, 15) is 35.9 Å². The molecular formula is C28H25ClF6N2O2S. The molecule has 0 aliphatic rings. The van der Waals surface area contributed by atoms with Gasteiger partial charge in [0, 0.05) is 17.5 Å². The maximum atomic E-state index is 13.2. The van der Waals surface area contributed by atoms with Gasteiger partial charge >= 0.3 is 12.4 Å². The lowest BCUT2D eigenvalue weighted by atomic mass is 9.98. The second-order valence-corrected chi connectivity index (χ2v) is 10.5. The number of hydrogen-bond acceptors (Lipinski definition) is 3. The molecule has 0 saturated heterocycles. The second-order valence-electron chi connectivity index (χ2n) is 9.19. The topological polar surface area (TPSA) is 58.2 Å². The average Bonchev–Trinajstić information content (AvgIpc) is 2.84. The van der Waals surface area contributed by atoms with Crippen LogP contribution in [-0.4, -0.2) is 29.9 Å². The summed E-state index contributed by atoms with van der Waals surface area (Å²) in [5.74, 6) is -0.473. The zero-order valence-electron chi connectivity index (χ0n) is 21.6. The maximum absolute atomic E-state index is 13.2. The van der Waals surface area contributed by atoms with Gasteiger partial charge in [-0.3, -0.25) is 9.59 Å². The third kappa shape index (κ3) is 7.94. The zero-order chi connectivity index (χ0) is 29.8. The Balaban J connectivity index is 1.85. The first-order valence-corrected chi connectivity index (χ1v) is 13.6. The predicted octanol–water partition coefficient (Wildman–Crippen LogP) is 8.01. The number of rotatable bonds is 8. The molecule has 0 aromatic heterocycles. The van der Waals surface area contributed by atoms with E-state index in [1.165, 1.54) is 30.3 Å². The van der Waals surface area contributed by atoms with Crippen LogP contribution in [0.3, 0.4) is 0 Å². The molecule has 3 rings (SSSR count). The highest BCUT2D eigenvalue weighted by atomic mass is 35.5. The van der Waals surface area contributed by atoms with E-state index in [1.807, 2.05) is 13.2 Å². The Morgan fingerprint density at radius 2 is 1.52 bits per heavy atom. The molecule has 0 aliphatic heterocycles. The smallest absolute Gasteiger partial charge is 0.349 e. The quantitative estimate of drug-likeness (QED) is 0.257. The molecule has 0 spiro atoms. The van der Waals surface area contributed by atoms with Crippen molar-refractivity contribution in [2.24, 2.45) is 0 Å². The first-order chi connectivity index (χ1) is 18.6. The fraction of sp³-hybridized carbons (Fsp3) is 0.286. The summed E-state index contributed by atoms with van der Waals surface area (Å²) < 4.78 is 79.3. The molecule has 0 radical (unpaired) electrons. The molecule has 40 heavy (non-hydrogen) atoms. The van der Waals surface area contributed by atoms with Crippen molar-refractivity contribution in [1.29, 1.82) is 0 Å². The molecule has 3 aromatic rings. The van der Waals surface area contributed by atoms with E-state index < -0.39 is 35.3 Å². The standard InChI is InChI=1S/C28H25ClF6N2O2S/c1-15-9-17(10-18-11-19(27(30,31)32)13-20(12-18)28(33,34)35)7-8-23(15)37-25(38)21-5-4-6-22(29)24(21)26(39)36-16(2)14-40-3/h4-9,11-13,16H,10,14H2,1-3H3,(H,36,39)(H,37,38)/t16-/m1/s1. The number of aryl methyl sites for hydroxylation is 1. The molecule has 3 aromatic carbocycles. The van der Waals surface area contributed by atoms with Gasteiger partial charge in [0.25, 0.3) is 11.8 Å². The molecule has 0 fully saturated rings. The van der Waals surface area contributed by atoms with Crippen molar-refractivity contribution < 1.29 is 35.9 Å². The second kappa shape index (κ2) is 12.6. The number of anilines is 1. The van der Waals surface area contributed by atoms with Crippen LogP contribution in [0.4, 0.5) is 32.0 Å². The number of hydrogen-bond donors (Lipinski definition) is 2. The fourth-order valence-corrected chi connectivity index (χ4v) is 4.90. The van der Waals surface area contributed by atoms with Gasteiger partial charge in [0.2, 0.25) is 0 Å². The summed E-state index contributed by atoms with van der Waals surface area (Å²) in [4.78, 5) is 26.0. The Bertz CT molecular complexity index is 1380. The van der Waals surface area contributed by atoms with Gasteiger partial charge in [-0.15, -0.1) is 0 Å². The zero-order valence-corrected chi connectivity index (χ0v) is 23.1. The first kappa shape index (κ1) is 31.3. The van der Waals surface area contributed by atoms with Gasteiger partial charge in [-0.1, -0.05) is 29.8 Å². The van der Waals surface area contributed by atoms with Crippen LogP contribution in [0.25, 0.3) is 0 Å². The lowest BCUT2D eigenvalue weighted by molar-refractivity contribution is -0.143. The molecule has 0 saturated carbocycles. The molecule has 0 bridgehead atoms. The van der Waals surface area contributed by atoms with Gasteiger partial charge < -0.3 is 10.6 Å². The molecule has 0 heterocycles. The number of carbonyl (C=O) groups excluding carboxylic acids is 2. The number of thioether (sulfide) groups is 1. The molecule has 2 amide bonds. The first-order valence-electron chi connectivity index (χ1n) is 11.9. The summed E-state index contributed by atoms with van der Waals surface area (Å²) in [6.45, 7) is 3.45. The maximum Gasteiger partial charge on any atom is 0.416 e. The minimum absolute atomic E-state index is 0.00825. The van der Waals surface area contributed by atoms with E-state index in [2.05, 4.69) is 10.6 Å². The van der Waals surface area contributed by atoms with Crippen LogP contribution < -0.4 is 10.6 Å². The Hall–Kier alpha value is -3.18. The summed E-state index contributed by atoms with van der Waals surface area (Å²) in [6.07, 6.45) is -8.19. The van der Waals surface area contributed by atoms with Crippen LogP contribution in [0, 0.1) is 6.92 Å². The van der Waals surface area contributed by atoms with Crippen LogP contribution in [0.1, 0.15) is 55.5 Å². The van der Waals surface area contributed by atoms with Crippen molar-refractivity contribution in [3.63, 3.8) is 0 Å². The normalized spacial score (nSPS) is 12.7. The molecule has 4 nitrogen and oxygen atoms in total. The van der Waals surface area contributed by atoms with Crippen molar-refractivity contribution in [2.45, 2.75) is 38.7 Å². The number of amides is 2. The average molecular weight is 603 g/mol. The summed E-state index contributed by atoms with van der Waals surface area (Å²) in [6, 6.07) is 10.3. The lowest BCUT2D eigenvalue weighted by Crippen LogP contribution is -2.35. The van der Waals surface area contributed by atoms with E-state index in [0.717, 1.165) is 0 Å². The minimum atomic E-state index is -4.94. The summed E-state index contributed by atoms with van der Waals surface area (Å²) in [7, 11) is 0. The van der Waals surface area contributed by atoms with Crippen molar-refractivity contribution in [1.82, 2.24) is 5.32 Å². The summed E-state index contributed by atoms with van der Waals surface area (Å²) >= 11 is 7.80. The van der Waals surface area contributed by atoms with Crippen LogP contribution in [0.2, 0.25) is 5.02 Å². The third-order valence-electron chi connectivity index (χ3n) is 5.87. The predicted molar refractivity (Wildman–Crippen MR) is 145 cm³/mol. The van der Waals surface area contributed by atoms with Crippen LogP contribution >= 0.6 is 23.4 Å². The summed E-state index contributed by atoms with van der Waals surface area (Å²) in [5.41, 5.74) is -1.60. The number of benzene rings is 3. The number of carbonyl (C=O) groups is 2. The SMILES string of the molecule is CSC[C@@H](C)NC(=O)c1c(Cl)cccc1C(=O)Nc1ccc(Cc2cc(C(F)(F)F)cc(C(F)(F)F)c2)cc1C. The highest BCUT2D eigenvalue weighted by Crippen LogP contribution is 2.37. The van der Waals surface area contributed by atoms with Gasteiger partial charge in [0.05, 0.1) is 27.3 Å². The monoisotopic (exact) mass is 602 g/mol. The van der Waals surface area contributed by atoms with Crippen molar-refractivity contribution in [3.05, 3.63) is 98.6 Å². The van der Waals surface area contributed by atoms with Crippen molar-refractivity contribution >= 4 is 40.9 Å². The summed E-state index contributed by atoms with van der Waals surface area (Å²) in [5, 5.41) is 5.59. The molecule has 1 atom stereocenters. The molecule has 214 valence electrons. The van der Waals surface area contributed by atoms with Crippen molar-refractivity contribution in [2.75, 3.05) is 17.3 Å². The van der Waals surface area contributed by atoms with E-state index in [0.29, 0.717) is 34.7 Å². The van der Waals surface area contributed by atoms with Gasteiger partial charge in [-0.25, -0.2) is 0 Å². The molecular weight excluding hydrogens is 578 g/mol. The van der Waals surface area contributed by atoms with E-state index in [1.54, 1.807) is 24.8 Å². The highest BCUT2D eigenvalue weighted by molar-refractivity contribution is 7.98. The molecule has 2 N–H and O–H groups in total. The van der Waals surface area contributed by atoms with E-state index >= 15 is 0 Å². The minimum Gasteiger partial charge on any atom is -0.349 e. The molecule has 0 unspecified atom stereocenters. The Morgan fingerprint density at radius 1 is 0.900 bits per heavy atom. The van der Waals surface area contributed by atoms with Gasteiger partial charge in [0.1, 0.15) is 0 Å². The molecule has 0 aliphatic carbocycles. The van der Waals surface area contributed by atoms with E-state index in [-0.39, 0.29) is 40.2 Å². The third-order valence-corrected chi connectivity index (χ3v) is 7.02. The Labute approximate surface area is 236 Å². The highest BCUT2D eigenvalue weighted by Gasteiger charge is 2.36. The van der Waals surface area contributed by atoms with Crippen molar-refractivity contribution in [3.8, 4) is 0 Å². The Morgan fingerprint density at radius 3 is 2.08 bits per heavy atom. The van der Waals surface area contributed by atoms with Gasteiger partial charge in [0.15, 0.2) is 0 Å². The molecule has 12 heteroatoms. The number of alkyl halides is 6. The fourth-order valence-electron chi connectivity index (χ4n) is 4.05. The van der Waals surface area contributed by atoms with Crippen LogP contribution in [0.15, 0.2) is 54.6 Å². The lowest BCUT2D eigenvalue weighted by Gasteiger charge is -2.17. The van der Waals surface area contributed by atoms with Crippen LogP contribution in [-0.2, 0) is 18.8 Å². The van der Waals surface area contributed by atoms with Gasteiger partial charge in [-0.2, -0.15) is 38.1 Å². The van der Waals surface area contributed by atoms with E-state index in [4.69, 9.17) is 11.6 Å². The largest absolute Gasteiger partial charge is 0.416 e. The Kier molecular flexibility index (Phi) is 9.84. The number of halogens is 7. The van der Waals surface area contributed by atoms with Gasteiger partial charge in [-0.05, 0) is 79.6 Å².